The molecule has 1 fully saturated rings. The van der Waals surface area contributed by atoms with Gasteiger partial charge in [0.2, 0.25) is 0 Å². The van der Waals surface area contributed by atoms with Gasteiger partial charge in [0.25, 0.3) is 0 Å². The summed E-state index contributed by atoms with van der Waals surface area (Å²) in [6.07, 6.45) is 0.630. The molecule has 5 heteroatoms. The third-order valence-electron chi connectivity index (χ3n) is 4.04. The van der Waals surface area contributed by atoms with Crippen molar-refractivity contribution in [2.24, 2.45) is 0 Å². The Kier molecular flexibility index (Phi) is 4.83. The normalized spacial score (nSPS) is 16.4. The predicted molar refractivity (Wildman–Crippen MR) is 77.1 cm³/mol. The van der Waals surface area contributed by atoms with Crippen LogP contribution in [-0.4, -0.2) is 49.8 Å². The molecule has 2 N–H and O–H groups in total. The highest BCUT2D eigenvalue weighted by Crippen LogP contribution is 2.38. The van der Waals surface area contributed by atoms with Crippen molar-refractivity contribution in [2.75, 3.05) is 39.8 Å². The first-order valence-corrected chi connectivity index (χ1v) is 7.03. The van der Waals surface area contributed by atoms with E-state index >= 15 is 0 Å². The Balaban J connectivity index is 2.20. The van der Waals surface area contributed by atoms with Crippen LogP contribution in [0.2, 0.25) is 0 Å². The van der Waals surface area contributed by atoms with Gasteiger partial charge < -0.3 is 20.1 Å². The minimum absolute atomic E-state index is 0.0824. The molecule has 0 aliphatic carbocycles. The number of hydrogen-bond donors (Lipinski definition) is 2. The molecule has 1 aliphatic heterocycles. The zero-order valence-corrected chi connectivity index (χ0v) is 12.4. The zero-order valence-electron chi connectivity index (χ0n) is 12.4. The van der Waals surface area contributed by atoms with Crippen LogP contribution in [0.3, 0.4) is 0 Å². The molecular formula is C15H23FN2O2. The number of phenolic OH excluding ortho intramolecular Hbond substituents is 1. The van der Waals surface area contributed by atoms with Crippen LogP contribution >= 0.6 is 0 Å². The van der Waals surface area contributed by atoms with Gasteiger partial charge >= 0.3 is 0 Å². The van der Waals surface area contributed by atoms with Crippen LogP contribution in [-0.2, 0) is 6.42 Å². The fourth-order valence-electron chi connectivity index (χ4n) is 2.77. The molecule has 0 aromatic heterocycles. The standard InChI is InChI=1S/C15H23FN2O2/c1-10-12(4-7-18-8-5-17-6-9-18)14(19)15(20-3)11(2)13(10)16/h17,19H,4-9H2,1-3H3. The van der Waals surface area contributed by atoms with Gasteiger partial charge in [-0.05, 0) is 25.8 Å². The molecule has 2 rings (SSSR count). The van der Waals surface area contributed by atoms with E-state index in [0.29, 0.717) is 23.1 Å². The Morgan fingerprint density at radius 1 is 1.25 bits per heavy atom. The molecule has 1 aromatic carbocycles. The zero-order chi connectivity index (χ0) is 14.7. The summed E-state index contributed by atoms with van der Waals surface area (Å²) in [5, 5.41) is 13.6. The Morgan fingerprint density at radius 2 is 1.90 bits per heavy atom. The molecule has 0 spiro atoms. The van der Waals surface area contributed by atoms with Crippen molar-refractivity contribution in [3.05, 3.63) is 22.5 Å². The van der Waals surface area contributed by atoms with E-state index in [1.54, 1.807) is 13.8 Å². The van der Waals surface area contributed by atoms with Gasteiger partial charge in [-0.25, -0.2) is 4.39 Å². The number of aromatic hydroxyl groups is 1. The summed E-state index contributed by atoms with van der Waals surface area (Å²) in [5.74, 6) is 0.0532. The maximum atomic E-state index is 14.2. The lowest BCUT2D eigenvalue weighted by molar-refractivity contribution is 0.242. The minimum atomic E-state index is -0.282. The maximum absolute atomic E-state index is 14.2. The summed E-state index contributed by atoms with van der Waals surface area (Å²) in [6.45, 7) is 8.11. The number of rotatable bonds is 4. The van der Waals surface area contributed by atoms with Crippen molar-refractivity contribution >= 4 is 0 Å². The van der Waals surface area contributed by atoms with Crippen LogP contribution in [0, 0.1) is 19.7 Å². The van der Waals surface area contributed by atoms with E-state index in [9.17, 15) is 9.50 Å². The van der Waals surface area contributed by atoms with Gasteiger partial charge in [0.15, 0.2) is 11.5 Å². The highest BCUT2D eigenvalue weighted by atomic mass is 19.1. The summed E-state index contributed by atoms with van der Waals surface area (Å²) in [7, 11) is 1.46. The summed E-state index contributed by atoms with van der Waals surface area (Å²) in [5.41, 5.74) is 1.55. The topological polar surface area (TPSA) is 44.7 Å². The first kappa shape index (κ1) is 15.1. The predicted octanol–water partition coefficient (Wildman–Crippen LogP) is 1.60. The Labute approximate surface area is 119 Å². The number of hydrogen-bond acceptors (Lipinski definition) is 4. The molecule has 1 heterocycles. The molecule has 0 radical (unpaired) electrons. The van der Waals surface area contributed by atoms with Crippen molar-refractivity contribution in [3.63, 3.8) is 0 Å². The van der Waals surface area contributed by atoms with Crippen LogP contribution in [0.15, 0.2) is 0 Å². The second-order valence-electron chi connectivity index (χ2n) is 5.27. The lowest BCUT2D eigenvalue weighted by Crippen LogP contribution is -2.44. The molecule has 0 atom stereocenters. The molecule has 20 heavy (non-hydrogen) atoms. The van der Waals surface area contributed by atoms with E-state index in [0.717, 1.165) is 32.7 Å². The summed E-state index contributed by atoms with van der Waals surface area (Å²) < 4.78 is 19.3. The average molecular weight is 282 g/mol. The van der Waals surface area contributed by atoms with E-state index in [2.05, 4.69) is 10.2 Å². The number of methoxy groups -OCH3 is 1. The summed E-state index contributed by atoms with van der Waals surface area (Å²) in [6, 6.07) is 0. The summed E-state index contributed by atoms with van der Waals surface area (Å²) in [4.78, 5) is 2.32. The number of ether oxygens (including phenoxy) is 1. The largest absolute Gasteiger partial charge is 0.504 e. The number of nitrogens with one attached hydrogen (secondary N) is 1. The lowest BCUT2D eigenvalue weighted by Gasteiger charge is -2.27. The first-order chi connectivity index (χ1) is 9.56. The van der Waals surface area contributed by atoms with Gasteiger partial charge in [-0.15, -0.1) is 0 Å². The molecular weight excluding hydrogens is 259 g/mol. The van der Waals surface area contributed by atoms with E-state index in [1.165, 1.54) is 7.11 Å². The van der Waals surface area contributed by atoms with Gasteiger partial charge in [-0.3, -0.25) is 0 Å². The van der Waals surface area contributed by atoms with Crippen molar-refractivity contribution < 1.29 is 14.2 Å². The molecule has 112 valence electrons. The van der Waals surface area contributed by atoms with Crippen molar-refractivity contribution in [3.8, 4) is 11.5 Å². The highest BCUT2D eigenvalue weighted by Gasteiger charge is 2.20. The summed E-state index contributed by atoms with van der Waals surface area (Å²) >= 11 is 0. The number of piperazine rings is 1. The number of benzene rings is 1. The fraction of sp³-hybridized carbons (Fsp3) is 0.600. The lowest BCUT2D eigenvalue weighted by atomic mass is 9.99. The second-order valence-corrected chi connectivity index (χ2v) is 5.27. The Hall–Kier alpha value is -1.33. The number of halogens is 1. The van der Waals surface area contributed by atoms with Crippen LogP contribution in [0.5, 0.6) is 11.5 Å². The van der Waals surface area contributed by atoms with E-state index in [-0.39, 0.29) is 17.3 Å². The van der Waals surface area contributed by atoms with Crippen molar-refractivity contribution in [1.29, 1.82) is 0 Å². The van der Waals surface area contributed by atoms with Gasteiger partial charge in [-0.2, -0.15) is 0 Å². The molecule has 0 amide bonds. The van der Waals surface area contributed by atoms with E-state index in [4.69, 9.17) is 4.74 Å². The SMILES string of the molecule is COc1c(C)c(F)c(C)c(CCN2CCNCC2)c1O. The molecule has 1 saturated heterocycles. The van der Waals surface area contributed by atoms with Crippen LogP contribution < -0.4 is 10.1 Å². The van der Waals surface area contributed by atoms with E-state index < -0.39 is 0 Å². The van der Waals surface area contributed by atoms with Gasteiger partial charge in [-0.1, -0.05) is 0 Å². The van der Waals surface area contributed by atoms with Gasteiger partial charge in [0.05, 0.1) is 7.11 Å². The van der Waals surface area contributed by atoms with Crippen molar-refractivity contribution in [1.82, 2.24) is 10.2 Å². The second kappa shape index (κ2) is 6.41. The molecule has 4 nitrogen and oxygen atoms in total. The third-order valence-corrected chi connectivity index (χ3v) is 4.04. The monoisotopic (exact) mass is 282 g/mol. The van der Waals surface area contributed by atoms with Gasteiger partial charge in [0, 0.05) is 43.9 Å². The fourth-order valence-corrected chi connectivity index (χ4v) is 2.77. The third kappa shape index (κ3) is 2.88. The molecule has 0 saturated carbocycles. The Morgan fingerprint density at radius 3 is 2.50 bits per heavy atom. The molecule has 1 aromatic rings. The van der Waals surface area contributed by atoms with Crippen LogP contribution in [0.25, 0.3) is 0 Å². The minimum Gasteiger partial charge on any atom is -0.504 e. The van der Waals surface area contributed by atoms with E-state index in [1.807, 2.05) is 0 Å². The maximum Gasteiger partial charge on any atom is 0.166 e. The van der Waals surface area contributed by atoms with Gasteiger partial charge in [0.1, 0.15) is 5.82 Å². The van der Waals surface area contributed by atoms with Crippen molar-refractivity contribution in [2.45, 2.75) is 20.3 Å². The Bertz CT molecular complexity index is 485. The number of phenols is 1. The van der Waals surface area contributed by atoms with Crippen LogP contribution in [0.1, 0.15) is 16.7 Å². The highest BCUT2D eigenvalue weighted by molar-refractivity contribution is 5.55. The first-order valence-electron chi connectivity index (χ1n) is 7.03. The van der Waals surface area contributed by atoms with Crippen LogP contribution in [0.4, 0.5) is 4.39 Å². The smallest absolute Gasteiger partial charge is 0.166 e. The average Bonchev–Trinajstić information content (AvgIpc) is 2.47. The molecule has 0 bridgehead atoms. The quantitative estimate of drug-likeness (QED) is 0.880. The molecule has 1 aliphatic rings. The number of nitrogens with zero attached hydrogens (tertiary/aromatic N) is 1. The molecule has 0 unspecified atom stereocenters.